The third-order valence-electron chi connectivity index (χ3n) is 2.45. The van der Waals surface area contributed by atoms with Crippen LogP contribution < -0.4 is 0 Å². The minimum atomic E-state index is -1.03. The van der Waals surface area contributed by atoms with Crippen LogP contribution in [0.2, 0.25) is 0 Å². The Morgan fingerprint density at radius 3 is 2.56 bits per heavy atom. The number of rotatable bonds is 5. The molecule has 88 valence electrons. The van der Waals surface area contributed by atoms with E-state index in [4.69, 9.17) is 0 Å². The Labute approximate surface area is 101 Å². The van der Waals surface area contributed by atoms with E-state index in [0.717, 1.165) is 0 Å². The first-order valence-corrected chi connectivity index (χ1v) is 5.78. The average Bonchev–Trinajstić information content (AvgIpc) is 2.28. The summed E-state index contributed by atoms with van der Waals surface area (Å²) in [7, 11) is 0. The van der Waals surface area contributed by atoms with Gasteiger partial charge in [0, 0.05) is 5.56 Å². The van der Waals surface area contributed by atoms with Crippen molar-refractivity contribution in [3.05, 3.63) is 35.4 Å². The summed E-state index contributed by atoms with van der Waals surface area (Å²) in [6.07, 6.45) is -1.54. The molecule has 16 heavy (non-hydrogen) atoms. The predicted octanol–water partition coefficient (Wildman–Crippen LogP) is 1.60. The van der Waals surface area contributed by atoms with Crippen LogP contribution >= 0.6 is 12.6 Å². The van der Waals surface area contributed by atoms with E-state index in [9.17, 15) is 15.0 Å². The fraction of sp³-hybridized carbons (Fsp3) is 0.417. The van der Waals surface area contributed by atoms with E-state index in [-0.39, 0.29) is 5.78 Å². The number of aliphatic hydroxyl groups is 2. The molecule has 1 aromatic rings. The van der Waals surface area contributed by atoms with Crippen molar-refractivity contribution in [2.24, 2.45) is 0 Å². The molecule has 3 nitrogen and oxygen atoms in total. The van der Waals surface area contributed by atoms with E-state index in [1.807, 2.05) is 0 Å². The highest BCUT2D eigenvalue weighted by atomic mass is 32.1. The van der Waals surface area contributed by atoms with Crippen molar-refractivity contribution in [3.63, 3.8) is 0 Å². The molecule has 0 aromatic heterocycles. The second-order valence-corrected chi connectivity index (χ2v) is 4.12. The van der Waals surface area contributed by atoms with Crippen LogP contribution in [0, 0.1) is 0 Å². The van der Waals surface area contributed by atoms with Gasteiger partial charge in [-0.15, -0.1) is 0 Å². The minimum absolute atomic E-state index is 0.118. The first kappa shape index (κ1) is 13.2. The Morgan fingerprint density at radius 1 is 1.38 bits per heavy atom. The van der Waals surface area contributed by atoms with Crippen molar-refractivity contribution in [3.8, 4) is 0 Å². The molecule has 1 aromatic carbocycles. The zero-order chi connectivity index (χ0) is 12.1. The van der Waals surface area contributed by atoms with Crippen LogP contribution in [0.25, 0.3) is 0 Å². The Hall–Kier alpha value is -0.840. The van der Waals surface area contributed by atoms with Gasteiger partial charge in [0.05, 0.1) is 6.10 Å². The number of thiol groups is 1. The molecule has 2 atom stereocenters. The summed E-state index contributed by atoms with van der Waals surface area (Å²) in [5.74, 6) is 0.369. The zero-order valence-electron chi connectivity index (χ0n) is 9.13. The summed E-state index contributed by atoms with van der Waals surface area (Å²) in [6.45, 7) is 1.44. The van der Waals surface area contributed by atoms with E-state index in [1.54, 1.807) is 24.3 Å². The maximum absolute atomic E-state index is 11.3. The Bertz CT molecular complexity index is 365. The molecule has 4 heteroatoms. The lowest BCUT2D eigenvalue weighted by molar-refractivity contribution is 0.0168. The van der Waals surface area contributed by atoms with Gasteiger partial charge in [-0.1, -0.05) is 24.3 Å². The standard InChI is InChI=1S/C12H16O3S/c1-8(13)9-4-2-3-5-10(9)12(15)11(14)6-7-16/h2-5,11-12,14-16H,6-7H2,1H3. The molecule has 0 amide bonds. The third kappa shape index (κ3) is 3.07. The van der Waals surface area contributed by atoms with Crippen LogP contribution in [0.3, 0.4) is 0 Å². The summed E-state index contributed by atoms with van der Waals surface area (Å²) in [4.78, 5) is 11.3. The van der Waals surface area contributed by atoms with E-state index in [2.05, 4.69) is 12.6 Å². The van der Waals surface area contributed by atoms with Gasteiger partial charge in [0.2, 0.25) is 0 Å². The molecule has 0 bridgehead atoms. The summed E-state index contributed by atoms with van der Waals surface area (Å²) in [6, 6.07) is 6.77. The summed E-state index contributed by atoms with van der Waals surface area (Å²) in [5, 5.41) is 19.6. The van der Waals surface area contributed by atoms with Crippen LogP contribution in [0.1, 0.15) is 35.4 Å². The van der Waals surface area contributed by atoms with Crippen molar-refractivity contribution in [1.29, 1.82) is 0 Å². The molecule has 0 aliphatic heterocycles. The number of carbonyl (C=O) groups excluding carboxylic acids is 1. The molecule has 0 fully saturated rings. The molecule has 0 spiro atoms. The second kappa shape index (κ2) is 6.03. The molecule has 0 radical (unpaired) electrons. The highest BCUT2D eigenvalue weighted by Crippen LogP contribution is 2.23. The maximum Gasteiger partial charge on any atom is 0.160 e. The number of carbonyl (C=O) groups is 1. The van der Waals surface area contributed by atoms with E-state index in [1.165, 1.54) is 6.92 Å². The SMILES string of the molecule is CC(=O)c1ccccc1C(O)C(O)CCS. The minimum Gasteiger partial charge on any atom is -0.390 e. The van der Waals surface area contributed by atoms with E-state index >= 15 is 0 Å². The van der Waals surface area contributed by atoms with Gasteiger partial charge < -0.3 is 10.2 Å². The monoisotopic (exact) mass is 240 g/mol. The Kier molecular flexibility index (Phi) is 4.99. The molecular formula is C12H16O3S. The number of ketones is 1. The summed E-state index contributed by atoms with van der Waals surface area (Å²) < 4.78 is 0. The van der Waals surface area contributed by atoms with Crippen molar-refractivity contribution in [2.45, 2.75) is 25.6 Å². The molecule has 1 rings (SSSR count). The molecular weight excluding hydrogens is 224 g/mol. The van der Waals surface area contributed by atoms with Crippen LogP contribution in [-0.2, 0) is 0 Å². The lowest BCUT2D eigenvalue weighted by Crippen LogP contribution is -2.20. The van der Waals surface area contributed by atoms with Gasteiger partial charge in [0.15, 0.2) is 5.78 Å². The molecule has 2 N–H and O–H groups in total. The van der Waals surface area contributed by atoms with Crippen LogP contribution in [0.15, 0.2) is 24.3 Å². The van der Waals surface area contributed by atoms with Gasteiger partial charge in [-0.05, 0) is 24.7 Å². The summed E-state index contributed by atoms with van der Waals surface area (Å²) >= 11 is 4.00. The summed E-state index contributed by atoms with van der Waals surface area (Å²) in [5.41, 5.74) is 0.928. The molecule has 0 saturated carbocycles. The predicted molar refractivity (Wildman–Crippen MR) is 65.9 cm³/mol. The van der Waals surface area contributed by atoms with E-state index < -0.39 is 12.2 Å². The lowest BCUT2D eigenvalue weighted by atomic mass is 9.95. The number of aliphatic hydroxyl groups excluding tert-OH is 2. The zero-order valence-corrected chi connectivity index (χ0v) is 10.0. The molecule has 0 saturated heterocycles. The van der Waals surface area contributed by atoms with Crippen molar-refractivity contribution < 1.29 is 15.0 Å². The van der Waals surface area contributed by atoms with Gasteiger partial charge in [-0.3, -0.25) is 4.79 Å². The fourth-order valence-corrected chi connectivity index (χ4v) is 1.84. The van der Waals surface area contributed by atoms with Crippen LogP contribution in [-0.4, -0.2) is 27.9 Å². The van der Waals surface area contributed by atoms with Gasteiger partial charge in [0.25, 0.3) is 0 Å². The fourth-order valence-electron chi connectivity index (χ4n) is 1.57. The van der Waals surface area contributed by atoms with Crippen molar-refractivity contribution >= 4 is 18.4 Å². The highest BCUT2D eigenvalue weighted by Gasteiger charge is 2.21. The van der Waals surface area contributed by atoms with E-state index in [0.29, 0.717) is 23.3 Å². The number of Topliss-reactive ketones (excluding diaryl/α,β-unsaturated/α-hetero) is 1. The second-order valence-electron chi connectivity index (χ2n) is 3.67. The van der Waals surface area contributed by atoms with Gasteiger partial charge in [-0.2, -0.15) is 12.6 Å². The lowest BCUT2D eigenvalue weighted by Gasteiger charge is -2.19. The first-order chi connectivity index (χ1) is 7.57. The topological polar surface area (TPSA) is 57.5 Å². The van der Waals surface area contributed by atoms with Crippen molar-refractivity contribution in [2.75, 3.05) is 5.75 Å². The molecule has 0 aliphatic rings. The van der Waals surface area contributed by atoms with Crippen LogP contribution in [0.5, 0.6) is 0 Å². The van der Waals surface area contributed by atoms with Crippen LogP contribution in [0.4, 0.5) is 0 Å². The molecule has 2 unspecified atom stereocenters. The number of hydrogen-bond acceptors (Lipinski definition) is 4. The van der Waals surface area contributed by atoms with Gasteiger partial charge in [-0.25, -0.2) is 0 Å². The van der Waals surface area contributed by atoms with Gasteiger partial charge in [0.1, 0.15) is 6.10 Å². The largest absolute Gasteiger partial charge is 0.390 e. The smallest absolute Gasteiger partial charge is 0.160 e. The molecule has 0 heterocycles. The average molecular weight is 240 g/mol. The number of hydrogen-bond donors (Lipinski definition) is 3. The third-order valence-corrected chi connectivity index (χ3v) is 2.71. The van der Waals surface area contributed by atoms with Crippen molar-refractivity contribution in [1.82, 2.24) is 0 Å². The Balaban J connectivity index is 2.98. The highest BCUT2D eigenvalue weighted by molar-refractivity contribution is 7.80. The first-order valence-electron chi connectivity index (χ1n) is 5.14. The normalized spacial score (nSPS) is 14.5. The van der Waals surface area contributed by atoms with Gasteiger partial charge >= 0.3 is 0 Å². The molecule has 0 aliphatic carbocycles. The Morgan fingerprint density at radius 2 is 2.00 bits per heavy atom. The number of benzene rings is 1. The quantitative estimate of drug-likeness (QED) is 0.541. The maximum atomic E-state index is 11.3.